The molecular formula is C38H30ClN5O4. The van der Waals surface area contributed by atoms with E-state index in [1.807, 2.05) is 81.4 Å². The number of aryl methyl sites for hydroxylation is 2. The van der Waals surface area contributed by atoms with E-state index in [4.69, 9.17) is 25.7 Å². The molecule has 0 aliphatic carbocycles. The summed E-state index contributed by atoms with van der Waals surface area (Å²) in [5.74, 6) is 1.02. The molecule has 0 unspecified atom stereocenters. The Kier molecular flexibility index (Phi) is 8.12. The summed E-state index contributed by atoms with van der Waals surface area (Å²) in [6.07, 6.45) is 1.66. The minimum absolute atomic E-state index is 0.108. The quantitative estimate of drug-likeness (QED) is 0.167. The number of ether oxygens (including phenoxy) is 1. The Hall–Kier alpha value is -5.93. The minimum Gasteiger partial charge on any atom is -0.484 e. The number of nitrogens with one attached hydrogen (secondary N) is 1. The maximum Gasteiger partial charge on any atom is 0.282 e. The van der Waals surface area contributed by atoms with E-state index in [2.05, 4.69) is 15.0 Å². The first-order valence-electron chi connectivity index (χ1n) is 15.3. The largest absolute Gasteiger partial charge is 0.484 e. The number of furan rings is 1. The Morgan fingerprint density at radius 1 is 0.958 bits per heavy atom. The summed E-state index contributed by atoms with van der Waals surface area (Å²) >= 11 is 6.20. The molecule has 0 spiro atoms. The van der Waals surface area contributed by atoms with Gasteiger partial charge < -0.3 is 19.0 Å². The van der Waals surface area contributed by atoms with Gasteiger partial charge in [0.05, 0.1) is 17.1 Å². The summed E-state index contributed by atoms with van der Waals surface area (Å²) in [4.78, 5) is 30.9. The summed E-state index contributed by atoms with van der Waals surface area (Å²) in [6.45, 7) is 5.82. The number of nitrogens with zero attached hydrogens (tertiary/aromatic N) is 4. The molecule has 1 N–H and O–H groups in total. The molecule has 10 heteroatoms. The van der Waals surface area contributed by atoms with Crippen LogP contribution in [0, 0.1) is 20.8 Å². The topological polar surface area (TPSA) is 104 Å². The average Bonchev–Trinajstić information content (AvgIpc) is 3.63. The number of benzene rings is 4. The number of halogens is 1. The number of rotatable bonds is 8. The molecule has 0 bridgehead atoms. The highest BCUT2D eigenvalue weighted by Gasteiger charge is 2.17. The average molecular weight is 656 g/mol. The van der Waals surface area contributed by atoms with Gasteiger partial charge >= 0.3 is 0 Å². The Bertz CT molecular complexity index is 2420. The van der Waals surface area contributed by atoms with E-state index in [9.17, 15) is 9.59 Å². The number of aromatic nitrogens is 3. The Balaban J connectivity index is 1.15. The second kappa shape index (κ2) is 12.7. The first-order chi connectivity index (χ1) is 23.2. The zero-order chi connectivity index (χ0) is 33.4. The van der Waals surface area contributed by atoms with Crippen LogP contribution in [-0.2, 0) is 4.79 Å². The van der Waals surface area contributed by atoms with Gasteiger partial charge in [-0.05, 0) is 99.1 Å². The van der Waals surface area contributed by atoms with Gasteiger partial charge in [0.15, 0.2) is 12.4 Å². The zero-order valence-electron chi connectivity index (χ0n) is 26.4. The van der Waals surface area contributed by atoms with E-state index in [0.29, 0.717) is 33.0 Å². The van der Waals surface area contributed by atoms with E-state index >= 15 is 0 Å². The van der Waals surface area contributed by atoms with Crippen molar-refractivity contribution in [2.45, 2.75) is 20.8 Å². The number of hydrogen-bond acceptors (Lipinski definition) is 6. The standard InChI is InChI=1S/C38H30ClN5O4/c1-23-8-4-6-10-32(23)41-36(45)22-47-30-15-13-29(14-16-30)43-24(2)18-27(25(43)3)21-40-44-37(42-33-11-7-5-9-31(33)38(44)46)35-20-26-19-28(39)12-17-34(26)48-35/h4-21H,22H2,1-3H3,(H,41,45). The third-order valence-electron chi connectivity index (χ3n) is 8.12. The minimum atomic E-state index is -0.317. The van der Waals surface area contributed by atoms with E-state index < -0.39 is 0 Å². The Morgan fingerprint density at radius 3 is 2.54 bits per heavy atom. The van der Waals surface area contributed by atoms with Crippen LogP contribution in [-0.4, -0.2) is 33.0 Å². The molecule has 238 valence electrons. The molecule has 1 amide bonds. The van der Waals surface area contributed by atoms with E-state index in [-0.39, 0.29) is 23.9 Å². The van der Waals surface area contributed by atoms with Gasteiger partial charge in [0, 0.05) is 38.7 Å². The highest BCUT2D eigenvalue weighted by Crippen LogP contribution is 2.29. The van der Waals surface area contributed by atoms with E-state index in [1.165, 1.54) is 4.68 Å². The molecule has 3 heterocycles. The molecule has 0 aliphatic heterocycles. The van der Waals surface area contributed by atoms with Gasteiger partial charge in [-0.25, -0.2) is 4.98 Å². The van der Waals surface area contributed by atoms with E-state index in [1.54, 1.807) is 48.7 Å². The molecular weight excluding hydrogens is 626 g/mol. The second-order valence-corrected chi connectivity index (χ2v) is 11.9. The Morgan fingerprint density at radius 2 is 1.73 bits per heavy atom. The number of hydrogen-bond donors (Lipinski definition) is 1. The van der Waals surface area contributed by atoms with Gasteiger partial charge in [-0.1, -0.05) is 41.9 Å². The van der Waals surface area contributed by atoms with Crippen molar-refractivity contribution in [3.8, 4) is 23.0 Å². The predicted molar refractivity (Wildman–Crippen MR) is 190 cm³/mol. The molecule has 0 saturated heterocycles. The third-order valence-corrected chi connectivity index (χ3v) is 8.35. The number of carbonyl (C=O) groups excluding carboxylic acids is 1. The van der Waals surface area contributed by atoms with Gasteiger partial charge in [0.1, 0.15) is 11.3 Å². The maximum absolute atomic E-state index is 13.7. The molecule has 9 nitrogen and oxygen atoms in total. The molecule has 7 rings (SSSR count). The predicted octanol–water partition coefficient (Wildman–Crippen LogP) is 8.08. The van der Waals surface area contributed by atoms with Crippen molar-refractivity contribution < 1.29 is 13.9 Å². The smallest absolute Gasteiger partial charge is 0.282 e. The lowest BCUT2D eigenvalue weighted by Gasteiger charge is -2.12. The molecule has 0 radical (unpaired) electrons. The molecule has 4 aromatic carbocycles. The highest BCUT2D eigenvalue weighted by molar-refractivity contribution is 6.31. The van der Waals surface area contributed by atoms with Crippen LogP contribution in [0.3, 0.4) is 0 Å². The van der Waals surface area contributed by atoms with Crippen LogP contribution in [0.4, 0.5) is 5.69 Å². The van der Waals surface area contributed by atoms with Crippen LogP contribution in [0.1, 0.15) is 22.5 Å². The molecule has 0 fully saturated rings. The molecule has 0 saturated carbocycles. The number of fused-ring (bicyclic) bond motifs is 2. The normalized spacial score (nSPS) is 11.5. The summed E-state index contributed by atoms with van der Waals surface area (Å²) in [5, 5.41) is 9.34. The lowest BCUT2D eigenvalue weighted by molar-refractivity contribution is -0.118. The van der Waals surface area contributed by atoms with Crippen LogP contribution in [0.2, 0.25) is 5.02 Å². The summed E-state index contributed by atoms with van der Waals surface area (Å²) < 4.78 is 15.2. The molecule has 0 atom stereocenters. The fourth-order valence-corrected chi connectivity index (χ4v) is 5.87. The SMILES string of the molecule is Cc1ccccc1NC(=O)COc1ccc(-n2c(C)cc(C=Nn3c(-c4cc5cc(Cl)ccc5o4)nc4ccccc4c3=O)c2C)cc1. The lowest BCUT2D eigenvalue weighted by atomic mass is 10.2. The first-order valence-corrected chi connectivity index (χ1v) is 15.7. The van der Waals surface area contributed by atoms with Gasteiger partial charge in [0.25, 0.3) is 11.5 Å². The van der Waals surface area contributed by atoms with Gasteiger partial charge in [-0.3, -0.25) is 9.59 Å². The molecule has 48 heavy (non-hydrogen) atoms. The number of amides is 1. The Labute approximate surface area is 280 Å². The maximum atomic E-state index is 13.7. The van der Waals surface area contributed by atoms with Crippen LogP contribution >= 0.6 is 11.6 Å². The summed E-state index contributed by atoms with van der Waals surface area (Å²) in [6, 6.07) is 31.4. The van der Waals surface area contributed by atoms with Gasteiger partial charge in [-0.15, -0.1) is 0 Å². The monoisotopic (exact) mass is 655 g/mol. The van der Waals surface area contributed by atoms with E-state index in [0.717, 1.165) is 39.3 Å². The summed E-state index contributed by atoms with van der Waals surface area (Å²) in [7, 11) is 0. The van der Waals surface area contributed by atoms with Crippen molar-refractivity contribution in [2.75, 3.05) is 11.9 Å². The highest BCUT2D eigenvalue weighted by atomic mass is 35.5. The van der Waals surface area contributed by atoms with Gasteiger partial charge in [0.2, 0.25) is 5.82 Å². The zero-order valence-corrected chi connectivity index (χ0v) is 27.2. The van der Waals surface area contributed by atoms with Crippen LogP contribution < -0.4 is 15.6 Å². The van der Waals surface area contributed by atoms with Crippen LogP contribution in [0.15, 0.2) is 117 Å². The van der Waals surface area contributed by atoms with Crippen molar-refractivity contribution in [1.82, 2.24) is 14.2 Å². The second-order valence-electron chi connectivity index (χ2n) is 11.4. The lowest BCUT2D eigenvalue weighted by Crippen LogP contribution is -2.20. The first kappa shape index (κ1) is 30.7. The van der Waals surface area contributed by atoms with Crippen LogP contribution in [0.25, 0.3) is 39.1 Å². The third kappa shape index (κ3) is 5.99. The number of anilines is 1. The van der Waals surface area contributed by atoms with Crippen molar-refractivity contribution in [3.63, 3.8) is 0 Å². The number of carbonyl (C=O) groups is 1. The van der Waals surface area contributed by atoms with Crippen LogP contribution in [0.5, 0.6) is 5.75 Å². The van der Waals surface area contributed by atoms with Crippen molar-refractivity contribution in [3.05, 3.63) is 141 Å². The molecule has 3 aromatic heterocycles. The molecule has 0 aliphatic rings. The number of para-hydroxylation sites is 2. The molecule has 7 aromatic rings. The fraction of sp³-hybridized carbons (Fsp3) is 0.105. The summed E-state index contributed by atoms with van der Waals surface area (Å²) in [5.41, 5.74) is 6.21. The van der Waals surface area contributed by atoms with Crippen molar-refractivity contribution >= 4 is 51.3 Å². The van der Waals surface area contributed by atoms with Gasteiger partial charge in [-0.2, -0.15) is 9.78 Å². The van der Waals surface area contributed by atoms with Crippen molar-refractivity contribution in [1.29, 1.82) is 0 Å². The fourth-order valence-electron chi connectivity index (χ4n) is 5.69. The van der Waals surface area contributed by atoms with Crippen molar-refractivity contribution in [2.24, 2.45) is 5.10 Å².